The molecule has 0 spiro atoms. The van der Waals surface area contributed by atoms with Gasteiger partial charge in [0.1, 0.15) is 5.75 Å². The van der Waals surface area contributed by atoms with Crippen molar-refractivity contribution in [2.75, 3.05) is 32.1 Å². The summed E-state index contributed by atoms with van der Waals surface area (Å²) in [5, 5.41) is 2.79. The molecule has 0 atom stereocenters. The smallest absolute Gasteiger partial charge is 0.323 e. The summed E-state index contributed by atoms with van der Waals surface area (Å²) in [5.41, 5.74) is 2.50. The number of rotatable bonds is 7. The molecule has 1 aliphatic carbocycles. The number of amides is 2. The monoisotopic (exact) mass is 408 g/mol. The lowest BCUT2D eigenvalue weighted by Crippen LogP contribution is -2.39. The highest BCUT2D eigenvalue weighted by Gasteiger charge is 2.21. The number of hydrogen-bond acceptors (Lipinski definition) is 5. The summed E-state index contributed by atoms with van der Waals surface area (Å²) in [6.07, 6.45) is 10.8. The summed E-state index contributed by atoms with van der Waals surface area (Å²) in [6.45, 7) is 2.16. The number of carbonyl (C=O) groups excluding carboxylic acids is 1. The van der Waals surface area contributed by atoms with Crippen LogP contribution in [-0.2, 0) is 0 Å². The predicted molar refractivity (Wildman–Crippen MR) is 116 cm³/mol. The fourth-order valence-electron chi connectivity index (χ4n) is 3.50. The molecule has 2 aromatic rings. The molecule has 4 rings (SSSR count). The molecule has 1 saturated heterocycles. The lowest BCUT2D eigenvalue weighted by atomic mass is 10.0. The zero-order chi connectivity index (χ0) is 20.8. The van der Waals surface area contributed by atoms with Gasteiger partial charge in [-0.25, -0.2) is 14.8 Å². The summed E-state index contributed by atoms with van der Waals surface area (Å²) in [7, 11) is 1.53. The predicted octanol–water partition coefficient (Wildman–Crippen LogP) is 4.38. The van der Waals surface area contributed by atoms with E-state index in [0.29, 0.717) is 24.8 Å². The summed E-state index contributed by atoms with van der Waals surface area (Å²) < 4.78 is 10.9. The van der Waals surface area contributed by atoms with Gasteiger partial charge in [-0.2, -0.15) is 0 Å². The van der Waals surface area contributed by atoms with Crippen LogP contribution in [0.3, 0.4) is 0 Å². The summed E-state index contributed by atoms with van der Waals surface area (Å²) in [5.74, 6) is 2.65. The number of nitrogens with one attached hydrogen (secondary N) is 1. The van der Waals surface area contributed by atoms with Gasteiger partial charge in [-0.15, -0.1) is 0 Å². The SMILES string of the molecule is COc1cnc(NC(=O)N2CCC(=Cc3cccc(OCCC4CC4)c3)CC2)cn1. The van der Waals surface area contributed by atoms with E-state index in [9.17, 15) is 4.79 Å². The largest absolute Gasteiger partial charge is 0.494 e. The molecule has 0 radical (unpaired) electrons. The van der Waals surface area contributed by atoms with Crippen molar-refractivity contribution in [3.63, 3.8) is 0 Å². The van der Waals surface area contributed by atoms with Gasteiger partial charge in [0.05, 0.1) is 26.1 Å². The van der Waals surface area contributed by atoms with E-state index < -0.39 is 0 Å². The number of nitrogens with zero attached hydrogens (tertiary/aromatic N) is 3. The first-order valence-corrected chi connectivity index (χ1v) is 10.5. The molecule has 30 heavy (non-hydrogen) atoms. The second-order valence-electron chi connectivity index (χ2n) is 7.82. The Morgan fingerprint density at radius 1 is 1.23 bits per heavy atom. The molecule has 0 bridgehead atoms. The molecule has 2 heterocycles. The average molecular weight is 409 g/mol. The number of carbonyl (C=O) groups is 1. The number of aromatic nitrogens is 2. The maximum Gasteiger partial charge on any atom is 0.323 e. The Morgan fingerprint density at radius 2 is 2.07 bits per heavy atom. The van der Waals surface area contributed by atoms with Crippen molar-refractivity contribution in [3.8, 4) is 11.6 Å². The van der Waals surface area contributed by atoms with Crippen LogP contribution in [0.2, 0.25) is 0 Å². The third-order valence-electron chi connectivity index (χ3n) is 5.49. The number of ether oxygens (including phenoxy) is 2. The van der Waals surface area contributed by atoms with Gasteiger partial charge in [-0.1, -0.05) is 36.6 Å². The Balaban J connectivity index is 1.26. The van der Waals surface area contributed by atoms with Crippen molar-refractivity contribution in [1.29, 1.82) is 0 Å². The van der Waals surface area contributed by atoms with Gasteiger partial charge < -0.3 is 14.4 Å². The number of hydrogen-bond donors (Lipinski definition) is 1. The molecule has 1 N–H and O–H groups in total. The summed E-state index contributed by atoms with van der Waals surface area (Å²) in [6, 6.07) is 8.10. The van der Waals surface area contributed by atoms with Gasteiger partial charge in [0, 0.05) is 13.1 Å². The molecule has 2 aliphatic rings. The standard InChI is InChI=1S/C23H28N4O3/c1-29-22-16-24-21(15-25-22)26-23(28)27-10-7-18(8-11-27)13-19-3-2-4-20(14-19)30-12-9-17-5-6-17/h2-4,13-17H,5-12H2,1H3,(H,24,26,28). The third kappa shape index (κ3) is 5.72. The number of benzene rings is 1. The van der Waals surface area contributed by atoms with Gasteiger partial charge in [-0.05, 0) is 42.9 Å². The second kappa shape index (κ2) is 9.61. The van der Waals surface area contributed by atoms with Crippen LogP contribution in [0.1, 0.15) is 37.7 Å². The quantitative estimate of drug-likeness (QED) is 0.736. The van der Waals surface area contributed by atoms with E-state index >= 15 is 0 Å². The van der Waals surface area contributed by atoms with Gasteiger partial charge in [0.15, 0.2) is 5.82 Å². The maximum atomic E-state index is 12.5. The number of likely N-dealkylation sites (tertiary alicyclic amines) is 1. The number of anilines is 1. The molecule has 1 aromatic heterocycles. The van der Waals surface area contributed by atoms with Crippen molar-refractivity contribution in [2.24, 2.45) is 5.92 Å². The van der Waals surface area contributed by atoms with E-state index in [1.807, 2.05) is 12.1 Å². The van der Waals surface area contributed by atoms with Crippen LogP contribution in [0, 0.1) is 5.92 Å². The molecule has 1 saturated carbocycles. The van der Waals surface area contributed by atoms with E-state index in [1.165, 1.54) is 37.9 Å². The second-order valence-corrected chi connectivity index (χ2v) is 7.82. The molecule has 1 aromatic carbocycles. The first-order valence-electron chi connectivity index (χ1n) is 10.5. The first-order chi connectivity index (χ1) is 14.7. The zero-order valence-electron chi connectivity index (χ0n) is 17.3. The average Bonchev–Trinajstić information content (AvgIpc) is 3.59. The van der Waals surface area contributed by atoms with Crippen molar-refractivity contribution >= 4 is 17.9 Å². The minimum Gasteiger partial charge on any atom is -0.494 e. The van der Waals surface area contributed by atoms with E-state index in [4.69, 9.17) is 9.47 Å². The van der Waals surface area contributed by atoms with E-state index in [-0.39, 0.29) is 6.03 Å². The Bertz CT molecular complexity index is 884. The number of urea groups is 1. The highest BCUT2D eigenvalue weighted by atomic mass is 16.5. The Morgan fingerprint density at radius 3 is 2.77 bits per heavy atom. The third-order valence-corrected chi connectivity index (χ3v) is 5.49. The van der Waals surface area contributed by atoms with E-state index in [0.717, 1.165) is 43.1 Å². The summed E-state index contributed by atoms with van der Waals surface area (Å²) in [4.78, 5) is 22.5. The van der Waals surface area contributed by atoms with Crippen LogP contribution in [-0.4, -0.2) is 47.7 Å². The number of methoxy groups -OCH3 is 1. The van der Waals surface area contributed by atoms with Gasteiger partial charge in [-0.3, -0.25) is 5.32 Å². The number of piperidine rings is 1. The Kier molecular flexibility index (Phi) is 6.47. The van der Waals surface area contributed by atoms with Crippen LogP contribution in [0.4, 0.5) is 10.6 Å². The lowest BCUT2D eigenvalue weighted by molar-refractivity contribution is 0.207. The minimum absolute atomic E-state index is 0.153. The Hall–Kier alpha value is -3.09. The molecular formula is C23H28N4O3. The topological polar surface area (TPSA) is 76.6 Å². The molecule has 2 fully saturated rings. The molecule has 0 unspecified atom stereocenters. The summed E-state index contributed by atoms with van der Waals surface area (Å²) >= 11 is 0. The van der Waals surface area contributed by atoms with Gasteiger partial charge in [0.25, 0.3) is 0 Å². The molecule has 1 aliphatic heterocycles. The molecule has 158 valence electrons. The minimum atomic E-state index is -0.153. The van der Waals surface area contributed by atoms with Crippen LogP contribution in [0.25, 0.3) is 6.08 Å². The van der Waals surface area contributed by atoms with Crippen LogP contribution in [0.5, 0.6) is 11.6 Å². The van der Waals surface area contributed by atoms with Crippen molar-refractivity contribution in [1.82, 2.24) is 14.9 Å². The molecule has 7 heteroatoms. The normalized spacial score (nSPS) is 16.2. The van der Waals surface area contributed by atoms with Crippen molar-refractivity contribution in [2.45, 2.75) is 32.1 Å². The van der Waals surface area contributed by atoms with Crippen LogP contribution in [0.15, 0.2) is 42.2 Å². The highest BCUT2D eigenvalue weighted by molar-refractivity contribution is 5.88. The fraction of sp³-hybridized carbons (Fsp3) is 0.435. The molecule has 2 amide bonds. The van der Waals surface area contributed by atoms with Gasteiger partial charge >= 0.3 is 6.03 Å². The van der Waals surface area contributed by atoms with Crippen LogP contribution >= 0.6 is 0 Å². The Labute approximate surface area is 177 Å². The molecule has 7 nitrogen and oxygen atoms in total. The first kappa shape index (κ1) is 20.2. The van der Waals surface area contributed by atoms with E-state index in [1.54, 1.807) is 4.90 Å². The van der Waals surface area contributed by atoms with Crippen molar-refractivity contribution in [3.05, 3.63) is 47.8 Å². The highest BCUT2D eigenvalue weighted by Crippen LogP contribution is 2.32. The fourth-order valence-corrected chi connectivity index (χ4v) is 3.50. The lowest BCUT2D eigenvalue weighted by Gasteiger charge is -2.28. The zero-order valence-corrected chi connectivity index (χ0v) is 17.3. The van der Waals surface area contributed by atoms with Crippen molar-refractivity contribution < 1.29 is 14.3 Å². The van der Waals surface area contributed by atoms with Gasteiger partial charge in [0.2, 0.25) is 5.88 Å². The van der Waals surface area contributed by atoms with Crippen LogP contribution < -0.4 is 14.8 Å². The maximum absolute atomic E-state index is 12.5. The molecular weight excluding hydrogens is 380 g/mol. The van der Waals surface area contributed by atoms with E-state index in [2.05, 4.69) is 33.5 Å².